The van der Waals surface area contributed by atoms with Gasteiger partial charge < -0.3 is 15.5 Å². The van der Waals surface area contributed by atoms with Crippen molar-refractivity contribution in [3.05, 3.63) is 41.1 Å². The van der Waals surface area contributed by atoms with Crippen molar-refractivity contribution in [2.75, 3.05) is 31.1 Å². The van der Waals surface area contributed by atoms with Crippen LogP contribution in [0.15, 0.2) is 35.5 Å². The predicted octanol–water partition coefficient (Wildman–Crippen LogP) is 2.20. The Labute approximate surface area is 131 Å². The third kappa shape index (κ3) is 3.53. The smallest absolute Gasteiger partial charge is 0.116 e. The summed E-state index contributed by atoms with van der Waals surface area (Å²) < 4.78 is 0. The molecule has 0 amide bonds. The zero-order valence-electron chi connectivity index (χ0n) is 12.5. The van der Waals surface area contributed by atoms with E-state index in [4.69, 9.17) is 23.2 Å². The topological polar surface area (TPSA) is 56.3 Å². The second-order valence-corrected chi connectivity index (χ2v) is 5.69. The van der Waals surface area contributed by atoms with Crippen molar-refractivity contribution in [3.8, 4) is 6.07 Å². The van der Waals surface area contributed by atoms with Crippen molar-refractivity contribution in [2.24, 2.45) is 5.73 Å². The zero-order chi connectivity index (χ0) is 15.4. The number of allylic oxidation sites excluding steroid dienone is 1. The quantitative estimate of drug-likeness (QED) is 0.527. The minimum absolute atomic E-state index is 0.177. The molecule has 110 valence electrons. The molecule has 0 spiro atoms. The van der Waals surface area contributed by atoms with Gasteiger partial charge in [0, 0.05) is 37.6 Å². The molecule has 0 radical (unpaired) electrons. The molecule has 0 unspecified atom stereocenters. The normalized spacial score (nSPS) is 16.2. The molecule has 0 saturated carbocycles. The number of nitrogens with zero attached hydrogens (tertiary/aromatic N) is 3. The fraction of sp³-hybridized carbons (Fsp3) is 0.375. The summed E-state index contributed by atoms with van der Waals surface area (Å²) in [7, 11) is 0. The van der Waals surface area contributed by atoms with Crippen molar-refractivity contribution in [2.45, 2.75) is 13.8 Å². The summed E-state index contributed by atoms with van der Waals surface area (Å²) >= 11 is 4.93. The number of hydrogen-bond donors (Lipinski definition) is 1. The SMILES string of the molecule is C/C(=C(\C#N)C(N)=S)N1CCN(c2ccc(C)cc2)CC1. The summed E-state index contributed by atoms with van der Waals surface area (Å²) in [5, 5.41) is 9.14. The van der Waals surface area contributed by atoms with Crippen LogP contribution in [0.1, 0.15) is 12.5 Å². The second kappa shape index (κ2) is 6.59. The lowest BCUT2D eigenvalue weighted by molar-refractivity contribution is 0.321. The molecular weight excluding hydrogens is 280 g/mol. The van der Waals surface area contributed by atoms with Gasteiger partial charge in [-0.15, -0.1) is 0 Å². The molecular formula is C16H20N4S. The van der Waals surface area contributed by atoms with E-state index in [1.54, 1.807) is 0 Å². The Kier molecular flexibility index (Phi) is 4.81. The van der Waals surface area contributed by atoms with E-state index in [2.05, 4.69) is 47.1 Å². The van der Waals surface area contributed by atoms with Gasteiger partial charge in [-0.05, 0) is 26.0 Å². The predicted molar refractivity (Wildman–Crippen MR) is 90.1 cm³/mol. The van der Waals surface area contributed by atoms with Crippen LogP contribution < -0.4 is 10.6 Å². The molecule has 1 aromatic rings. The molecule has 0 bridgehead atoms. The van der Waals surface area contributed by atoms with Crippen LogP contribution in [0.5, 0.6) is 0 Å². The summed E-state index contributed by atoms with van der Waals surface area (Å²) in [6, 6.07) is 10.7. The second-order valence-electron chi connectivity index (χ2n) is 5.25. The number of anilines is 1. The average molecular weight is 300 g/mol. The number of rotatable bonds is 3. The molecule has 5 heteroatoms. The van der Waals surface area contributed by atoms with Crippen LogP contribution in [-0.2, 0) is 0 Å². The van der Waals surface area contributed by atoms with Crippen molar-refractivity contribution in [1.82, 2.24) is 4.90 Å². The molecule has 1 fully saturated rings. The first-order valence-corrected chi connectivity index (χ1v) is 7.41. The van der Waals surface area contributed by atoms with E-state index in [1.807, 2.05) is 6.92 Å². The van der Waals surface area contributed by atoms with Crippen LogP contribution >= 0.6 is 12.2 Å². The summed E-state index contributed by atoms with van der Waals surface area (Å²) in [6.07, 6.45) is 0. The molecule has 0 aliphatic carbocycles. The Bertz CT molecular complexity index is 590. The van der Waals surface area contributed by atoms with Gasteiger partial charge in [0.2, 0.25) is 0 Å². The first-order valence-electron chi connectivity index (χ1n) is 7.00. The lowest BCUT2D eigenvalue weighted by Crippen LogP contribution is -2.46. The summed E-state index contributed by atoms with van der Waals surface area (Å²) in [6.45, 7) is 7.60. The highest BCUT2D eigenvalue weighted by molar-refractivity contribution is 7.80. The van der Waals surface area contributed by atoms with Gasteiger partial charge in [-0.3, -0.25) is 0 Å². The monoisotopic (exact) mass is 300 g/mol. The molecule has 2 N–H and O–H groups in total. The number of thiocarbonyl (C=S) groups is 1. The minimum atomic E-state index is 0.177. The van der Waals surface area contributed by atoms with Gasteiger partial charge in [-0.2, -0.15) is 5.26 Å². The first kappa shape index (κ1) is 15.3. The van der Waals surface area contributed by atoms with Gasteiger partial charge in [0.15, 0.2) is 0 Å². The Balaban J connectivity index is 2.05. The van der Waals surface area contributed by atoms with Crippen LogP contribution in [0.2, 0.25) is 0 Å². The molecule has 0 atom stereocenters. The van der Waals surface area contributed by atoms with E-state index < -0.39 is 0 Å². The highest BCUT2D eigenvalue weighted by Crippen LogP contribution is 2.19. The van der Waals surface area contributed by atoms with Crippen molar-refractivity contribution in [1.29, 1.82) is 5.26 Å². The first-order chi connectivity index (χ1) is 10.0. The lowest BCUT2D eigenvalue weighted by Gasteiger charge is -2.38. The summed E-state index contributed by atoms with van der Waals surface area (Å²) in [5.74, 6) is 0. The maximum atomic E-state index is 9.14. The van der Waals surface area contributed by atoms with Gasteiger partial charge in [0.1, 0.15) is 16.6 Å². The lowest BCUT2D eigenvalue weighted by atomic mass is 10.1. The maximum absolute atomic E-state index is 9.14. The zero-order valence-corrected chi connectivity index (χ0v) is 13.3. The van der Waals surface area contributed by atoms with E-state index in [1.165, 1.54) is 11.3 Å². The third-order valence-electron chi connectivity index (χ3n) is 3.87. The number of nitrogens with two attached hydrogens (primary N) is 1. The van der Waals surface area contributed by atoms with Crippen LogP contribution in [0.25, 0.3) is 0 Å². The van der Waals surface area contributed by atoms with Gasteiger partial charge in [0.25, 0.3) is 0 Å². The van der Waals surface area contributed by atoms with Crippen molar-refractivity contribution in [3.63, 3.8) is 0 Å². The van der Waals surface area contributed by atoms with Gasteiger partial charge in [-0.25, -0.2) is 0 Å². The fourth-order valence-corrected chi connectivity index (χ4v) is 2.72. The molecule has 0 aromatic heterocycles. The average Bonchev–Trinajstić information content (AvgIpc) is 2.48. The Hall–Kier alpha value is -2.06. The van der Waals surface area contributed by atoms with E-state index in [0.29, 0.717) is 5.57 Å². The fourth-order valence-electron chi connectivity index (χ4n) is 2.53. The number of benzene rings is 1. The molecule has 21 heavy (non-hydrogen) atoms. The number of hydrogen-bond acceptors (Lipinski definition) is 4. The van der Waals surface area contributed by atoms with E-state index in [9.17, 15) is 0 Å². The van der Waals surface area contributed by atoms with E-state index >= 15 is 0 Å². The molecule has 1 aliphatic heterocycles. The van der Waals surface area contributed by atoms with Crippen molar-refractivity contribution >= 4 is 22.9 Å². The number of nitriles is 1. The Morgan fingerprint density at radius 2 is 1.76 bits per heavy atom. The van der Waals surface area contributed by atoms with Crippen LogP contribution in [-0.4, -0.2) is 36.1 Å². The van der Waals surface area contributed by atoms with E-state index in [0.717, 1.165) is 31.9 Å². The Morgan fingerprint density at radius 3 is 2.24 bits per heavy atom. The van der Waals surface area contributed by atoms with Gasteiger partial charge >= 0.3 is 0 Å². The standard InChI is InChI=1S/C16H20N4S/c1-12-3-5-14(6-4-12)20-9-7-19(8-10-20)13(2)15(11-17)16(18)21/h3-6H,7-10H2,1-2H3,(H2,18,21)/b15-13-. The van der Waals surface area contributed by atoms with Gasteiger partial charge in [0.05, 0.1) is 0 Å². The third-order valence-corrected chi connectivity index (χ3v) is 4.08. The number of aryl methyl sites for hydroxylation is 1. The highest BCUT2D eigenvalue weighted by atomic mass is 32.1. The summed E-state index contributed by atoms with van der Waals surface area (Å²) in [5.41, 5.74) is 9.43. The van der Waals surface area contributed by atoms with Crippen molar-refractivity contribution < 1.29 is 0 Å². The van der Waals surface area contributed by atoms with Crippen LogP contribution in [0.3, 0.4) is 0 Å². The van der Waals surface area contributed by atoms with E-state index in [-0.39, 0.29) is 4.99 Å². The molecule has 1 aliphatic rings. The van der Waals surface area contributed by atoms with Gasteiger partial charge in [-0.1, -0.05) is 29.9 Å². The maximum Gasteiger partial charge on any atom is 0.116 e. The molecule has 1 aromatic carbocycles. The molecule has 1 heterocycles. The highest BCUT2D eigenvalue weighted by Gasteiger charge is 2.19. The molecule has 4 nitrogen and oxygen atoms in total. The van der Waals surface area contributed by atoms with Crippen LogP contribution in [0, 0.1) is 18.3 Å². The molecule has 1 saturated heterocycles. The molecule has 2 rings (SSSR count). The largest absolute Gasteiger partial charge is 0.389 e. The van der Waals surface area contributed by atoms with Crippen LogP contribution in [0.4, 0.5) is 5.69 Å². The Morgan fingerprint density at radius 1 is 1.19 bits per heavy atom. The number of piperazine rings is 1. The minimum Gasteiger partial charge on any atom is -0.389 e. The summed E-state index contributed by atoms with van der Waals surface area (Å²) in [4.78, 5) is 4.72.